The summed E-state index contributed by atoms with van der Waals surface area (Å²) >= 11 is 0. The van der Waals surface area contributed by atoms with E-state index in [0.29, 0.717) is 0 Å². The Bertz CT molecular complexity index is 306. The minimum Gasteiger partial charge on any atom is -0.477 e. The van der Waals surface area contributed by atoms with Gasteiger partial charge in [-0.15, -0.1) is 0 Å². The maximum absolute atomic E-state index is 10.4. The van der Waals surface area contributed by atoms with Gasteiger partial charge in [-0.25, -0.2) is 4.79 Å². The van der Waals surface area contributed by atoms with Gasteiger partial charge in [0.1, 0.15) is 5.56 Å². The van der Waals surface area contributed by atoms with Crippen molar-refractivity contribution < 1.29 is 31.9 Å². The van der Waals surface area contributed by atoms with E-state index < -0.39 is 10.9 Å². The van der Waals surface area contributed by atoms with Crippen LogP contribution in [-0.4, -0.2) is 16.0 Å². The average molecular weight is 231 g/mol. The van der Waals surface area contributed by atoms with E-state index in [0.717, 1.165) is 6.07 Å². The molecule has 0 saturated heterocycles. The van der Waals surface area contributed by atoms with Crippen LogP contribution in [0.1, 0.15) is 10.4 Å². The van der Waals surface area contributed by atoms with Gasteiger partial charge in [0.05, 0.1) is 4.92 Å². The van der Waals surface area contributed by atoms with E-state index in [1.165, 1.54) is 18.2 Å². The Morgan fingerprint density at radius 1 is 1.38 bits per heavy atom. The summed E-state index contributed by atoms with van der Waals surface area (Å²) in [5, 5.41) is 18.8. The molecule has 0 spiro atoms. The second-order valence-corrected chi connectivity index (χ2v) is 2.08. The molecule has 73 valence electrons. The van der Waals surface area contributed by atoms with Crippen molar-refractivity contribution in [1.29, 1.82) is 0 Å². The fourth-order valence-electron chi connectivity index (χ4n) is 0.814. The zero-order valence-corrected chi connectivity index (χ0v) is 7.17. The summed E-state index contributed by atoms with van der Waals surface area (Å²) in [5.41, 5.74) is -0.674. The van der Waals surface area contributed by atoms with Crippen LogP contribution in [0.4, 0.5) is 5.69 Å². The number of carbonyl (C=O) groups is 1. The molecule has 1 rings (SSSR count). The number of rotatable bonds is 2. The van der Waals surface area contributed by atoms with Crippen LogP contribution in [-0.2, 0) is 17.1 Å². The predicted molar refractivity (Wildman–Crippen MR) is 40.1 cm³/mol. The number of hydrogen-bond donors (Lipinski definition) is 1. The minimum absolute atomic E-state index is 0. The Morgan fingerprint density at radius 3 is 2.31 bits per heavy atom. The van der Waals surface area contributed by atoms with Crippen molar-refractivity contribution >= 4 is 11.7 Å². The molecule has 0 saturated carbocycles. The Kier molecular flexibility index (Phi) is 4.10. The molecule has 0 aliphatic heterocycles. The van der Waals surface area contributed by atoms with Gasteiger partial charge in [-0.2, -0.15) is 0 Å². The van der Waals surface area contributed by atoms with Crippen LogP contribution in [0.15, 0.2) is 24.3 Å². The molecule has 0 bridgehead atoms. The summed E-state index contributed by atoms with van der Waals surface area (Å²) in [6, 6.07) is 5.21. The zero-order chi connectivity index (χ0) is 9.14. The van der Waals surface area contributed by atoms with E-state index in [-0.39, 0.29) is 28.3 Å². The summed E-state index contributed by atoms with van der Waals surface area (Å²) in [7, 11) is 0. The number of hydrogen-bond acceptors (Lipinski definition) is 3. The molecule has 1 N–H and O–H groups in total. The van der Waals surface area contributed by atoms with Crippen molar-refractivity contribution in [1.82, 2.24) is 0 Å². The molecule has 1 aromatic carbocycles. The number of nitrogens with zero attached hydrogens (tertiary/aromatic N) is 1. The van der Waals surface area contributed by atoms with Crippen molar-refractivity contribution in [3.8, 4) is 0 Å². The Balaban J connectivity index is 0.00000144. The molecule has 0 aromatic heterocycles. The van der Waals surface area contributed by atoms with Crippen LogP contribution in [0.3, 0.4) is 0 Å². The Hall–Kier alpha value is -1.39. The number of aromatic carboxylic acids is 1. The molecule has 6 heteroatoms. The molecule has 1 aromatic rings. The second kappa shape index (κ2) is 4.59. The van der Waals surface area contributed by atoms with Crippen molar-refractivity contribution in [2.75, 3.05) is 0 Å². The molecule has 0 heterocycles. The maximum atomic E-state index is 10.4. The van der Waals surface area contributed by atoms with Crippen LogP contribution >= 0.6 is 0 Å². The topological polar surface area (TPSA) is 80.4 Å². The maximum Gasteiger partial charge on any atom is 0.342 e. The summed E-state index contributed by atoms with van der Waals surface area (Å²) in [6.45, 7) is 0. The van der Waals surface area contributed by atoms with E-state index in [4.69, 9.17) is 5.11 Å². The molecule has 0 fully saturated rings. The molecule has 5 nitrogen and oxygen atoms in total. The standard InChI is InChI=1S/C7H5NO4.Cu/c9-7(10)5-3-1-2-4-6(5)8(11)12;/h1-4H,(H,9,10);. The SMILES string of the molecule is O=C(O)c1ccccc1[N+](=O)[O-].[Cu]. The van der Waals surface area contributed by atoms with Crippen molar-refractivity contribution in [3.63, 3.8) is 0 Å². The number of nitro benzene ring substituents is 1. The van der Waals surface area contributed by atoms with Crippen LogP contribution in [0.25, 0.3) is 0 Å². The Morgan fingerprint density at radius 2 is 1.92 bits per heavy atom. The third-order valence-electron chi connectivity index (χ3n) is 1.33. The molecule has 0 atom stereocenters. The number of benzene rings is 1. The van der Waals surface area contributed by atoms with Gasteiger partial charge in [0.15, 0.2) is 0 Å². The monoisotopic (exact) mass is 230 g/mol. The molecule has 0 amide bonds. The van der Waals surface area contributed by atoms with Crippen LogP contribution in [0.2, 0.25) is 0 Å². The van der Waals surface area contributed by atoms with Crippen LogP contribution in [0.5, 0.6) is 0 Å². The quantitative estimate of drug-likeness (QED) is 0.472. The van der Waals surface area contributed by atoms with Gasteiger partial charge in [0, 0.05) is 23.1 Å². The average Bonchev–Trinajstić information content (AvgIpc) is 2.04. The summed E-state index contributed by atoms with van der Waals surface area (Å²) < 4.78 is 0. The van der Waals surface area contributed by atoms with E-state index >= 15 is 0 Å². The largest absolute Gasteiger partial charge is 0.477 e. The molecular weight excluding hydrogens is 226 g/mol. The summed E-state index contributed by atoms with van der Waals surface area (Å²) in [6.07, 6.45) is 0. The third kappa shape index (κ3) is 2.54. The molecular formula is C7H5CuNO4. The van der Waals surface area contributed by atoms with Crippen molar-refractivity contribution in [2.24, 2.45) is 0 Å². The fraction of sp³-hybridized carbons (Fsp3) is 0. The van der Waals surface area contributed by atoms with E-state index in [1.54, 1.807) is 0 Å². The zero-order valence-electron chi connectivity index (χ0n) is 6.23. The van der Waals surface area contributed by atoms with E-state index in [9.17, 15) is 14.9 Å². The van der Waals surface area contributed by atoms with E-state index in [1.807, 2.05) is 0 Å². The van der Waals surface area contributed by atoms with Gasteiger partial charge in [-0.1, -0.05) is 12.1 Å². The minimum atomic E-state index is -1.29. The van der Waals surface area contributed by atoms with Gasteiger partial charge < -0.3 is 5.11 Å². The first-order valence-corrected chi connectivity index (χ1v) is 3.09. The van der Waals surface area contributed by atoms with Crippen molar-refractivity contribution in [2.45, 2.75) is 0 Å². The van der Waals surface area contributed by atoms with Crippen LogP contribution in [0, 0.1) is 10.1 Å². The first-order valence-electron chi connectivity index (χ1n) is 3.09. The number of para-hydroxylation sites is 1. The fourth-order valence-corrected chi connectivity index (χ4v) is 0.814. The molecule has 0 aliphatic rings. The molecule has 0 unspecified atom stereocenters. The van der Waals surface area contributed by atoms with E-state index in [2.05, 4.69) is 0 Å². The van der Waals surface area contributed by atoms with Crippen LogP contribution < -0.4 is 0 Å². The normalized spacial score (nSPS) is 8.62. The summed E-state index contributed by atoms with van der Waals surface area (Å²) in [5.74, 6) is -1.29. The molecule has 0 aliphatic carbocycles. The number of nitro groups is 1. The van der Waals surface area contributed by atoms with Gasteiger partial charge in [0.2, 0.25) is 0 Å². The first kappa shape index (κ1) is 11.6. The van der Waals surface area contributed by atoms with Gasteiger partial charge in [0.25, 0.3) is 5.69 Å². The second-order valence-electron chi connectivity index (χ2n) is 2.08. The smallest absolute Gasteiger partial charge is 0.342 e. The number of carboxylic acids is 1. The third-order valence-corrected chi connectivity index (χ3v) is 1.33. The van der Waals surface area contributed by atoms with Crippen molar-refractivity contribution in [3.05, 3.63) is 39.9 Å². The molecule has 13 heavy (non-hydrogen) atoms. The van der Waals surface area contributed by atoms with Gasteiger partial charge in [-0.05, 0) is 6.07 Å². The predicted octanol–water partition coefficient (Wildman–Crippen LogP) is 1.29. The van der Waals surface area contributed by atoms with Gasteiger partial charge >= 0.3 is 5.97 Å². The number of carboxylic acid groups (broad SMARTS) is 1. The molecule has 1 radical (unpaired) electrons. The Labute approximate surface area is 84.0 Å². The summed E-state index contributed by atoms with van der Waals surface area (Å²) in [4.78, 5) is 20.0. The first-order chi connectivity index (χ1) is 5.63. The van der Waals surface area contributed by atoms with Gasteiger partial charge in [-0.3, -0.25) is 10.1 Å².